The maximum absolute atomic E-state index is 12.0. The van der Waals surface area contributed by atoms with Crippen molar-refractivity contribution in [1.29, 1.82) is 0 Å². The standard InChI is InChI=1S/C16H24OSi/c1-16(2,3)18(4,5)13-10-9-12-7-6-8-15(17)14(12)11-13/h9-11H,6-8H2,1-5H3. The Hall–Kier alpha value is -0.893. The predicted molar refractivity (Wildman–Crippen MR) is 80.5 cm³/mol. The summed E-state index contributed by atoms with van der Waals surface area (Å²) < 4.78 is 0. The Morgan fingerprint density at radius 3 is 2.39 bits per heavy atom. The highest BCUT2D eigenvalue weighted by Crippen LogP contribution is 2.36. The van der Waals surface area contributed by atoms with Gasteiger partial charge in [-0.15, -0.1) is 0 Å². The summed E-state index contributed by atoms with van der Waals surface area (Å²) in [7, 11) is -1.52. The third kappa shape index (κ3) is 2.18. The molecule has 0 saturated carbocycles. The molecule has 0 amide bonds. The minimum Gasteiger partial charge on any atom is -0.294 e. The molecule has 0 heterocycles. The molecule has 2 rings (SSSR count). The highest BCUT2D eigenvalue weighted by Gasteiger charge is 2.37. The zero-order chi connectivity index (χ0) is 13.6. The summed E-state index contributed by atoms with van der Waals surface area (Å²) in [5.41, 5.74) is 2.26. The van der Waals surface area contributed by atoms with Gasteiger partial charge in [-0.2, -0.15) is 0 Å². The number of fused-ring (bicyclic) bond motifs is 1. The number of ketones is 1. The largest absolute Gasteiger partial charge is 0.294 e. The van der Waals surface area contributed by atoms with Gasteiger partial charge < -0.3 is 0 Å². The normalized spacial score (nSPS) is 16.6. The van der Waals surface area contributed by atoms with E-state index in [0.29, 0.717) is 10.8 Å². The lowest BCUT2D eigenvalue weighted by Crippen LogP contribution is -2.49. The average molecular weight is 260 g/mol. The first-order valence-electron chi connectivity index (χ1n) is 6.90. The van der Waals surface area contributed by atoms with Crippen molar-refractivity contribution in [2.24, 2.45) is 0 Å². The van der Waals surface area contributed by atoms with Crippen molar-refractivity contribution in [3.8, 4) is 0 Å². The zero-order valence-corrected chi connectivity index (χ0v) is 13.3. The highest BCUT2D eigenvalue weighted by molar-refractivity contribution is 6.92. The maximum atomic E-state index is 12.0. The van der Waals surface area contributed by atoms with Crippen molar-refractivity contribution in [3.05, 3.63) is 29.3 Å². The zero-order valence-electron chi connectivity index (χ0n) is 12.3. The van der Waals surface area contributed by atoms with Gasteiger partial charge in [-0.1, -0.05) is 57.3 Å². The lowest BCUT2D eigenvalue weighted by atomic mass is 9.91. The van der Waals surface area contributed by atoms with Gasteiger partial charge in [0.05, 0.1) is 8.07 Å². The summed E-state index contributed by atoms with van der Waals surface area (Å²) in [5.74, 6) is 0.344. The monoisotopic (exact) mass is 260 g/mol. The van der Waals surface area contributed by atoms with Gasteiger partial charge in [0, 0.05) is 12.0 Å². The van der Waals surface area contributed by atoms with Crippen LogP contribution in [0.25, 0.3) is 0 Å². The van der Waals surface area contributed by atoms with Gasteiger partial charge in [0.2, 0.25) is 0 Å². The fraction of sp³-hybridized carbons (Fsp3) is 0.562. The minimum atomic E-state index is -1.52. The van der Waals surface area contributed by atoms with Crippen LogP contribution in [0, 0.1) is 0 Å². The van der Waals surface area contributed by atoms with E-state index in [-0.39, 0.29) is 0 Å². The molecule has 1 aliphatic carbocycles. The van der Waals surface area contributed by atoms with Crippen molar-refractivity contribution >= 4 is 19.0 Å². The molecule has 0 spiro atoms. The Kier molecular flexibility index (Phi) is 3.26. The lowest BCUT2D eigenvalue weighted by molar-refractivity contribution is 0.0972. The fourth-order valence-electron chi connectivity index (χ4n) is 2.45. The summed E-state index contributed by atoms with van der Waals surface area (Å²) in [6.07, 6.45) is 2.82. The van der Waals surface area contributed by atoms with Crippen LogP contribution in [0.2, 0.25) is 18.1 Å². The van der Waals surface area contributed by atoms with Gasteiger partial charge in [-0.3, -0.25) is 4.79 Å². The molecular weight excluding hydrogens is 236 g/mol. The molecule has 2 heteroatoms. The Balaban J connectivity index is 2.49. The smallest absolute Gasteiger partial charge is 0.163 e. The molecule has 0 atom stereocenters. The number of Topliss-reactive ketones (excluding diaryl/α,β-unsaturated/α-hetero) is 1. The number of rotatable bonds is 1. The second kappa shape index (κ2) is 4.34. The van der Waals surface area contributed by atoms with Crippen molar-refractivity contribution in [3.63, 3.8) is 0 Å². The molecule has 0 saturated heterocycles. The summed E-state index contributed by atoms with van der Waals surface area (Å²) >= 11 is 0. The van der Waals surface area contributed by atoms with Crippen LogP contribution in [0.1, 0.15) is 49.5 Å². The molecule has 1 aromatic carbocycles. The fourth-order valence-corrected chi connectivity index (χ4v) is 4.32. The molecule has 1 nitrogen and oxygen atoms in total. The lowest BCUT2D eigenvalue weighted by Gasteiger charge is -2.38. The SMILES string of the molecule is CC(C)(C)[Si](C)(C)c1ccc2c(c1)C(=O)CCC2. The molecular formula is C16H24OSi. The highest BCUT2D eigenvalue weighted by atomic mass is 28.3. The van der Waals surface area contributed by atoms with Gasteiger partial charge in [0.15, 0.2) is 5.78 Å². The topological polar surface area (TPSA) is 17.1 Å². The summed E-state index contributed by atoms with van der Waals surface area (Å²) in [5, 5.41) is 1.74. The van der Waals surface area contributed by atoms with Crippen LogP contribution >= 0.6 is 0 Å². The molecule has 0 bridgehead atoms. The van der Waals surface area contributed by atoms with E-state index in [1.807, 2.05) is 0 Å². The van der Waals surface area contributed by atoms with E-state index >= 15 is 0 Å². The number of carbonyl (C=O) groups is 1. The van der Waals surface area contributed by atoms with Crippen LogP contribution in [-0.2, 0) is 6.42 Å². The van der Waals surface area contributed by atoms with Crippen LogP contribution < -0.4 is 5.19 Å². The van der Waals surface area contributed by atoms with Crippen molar-refractivity contribution in [2.45, 2.75) is 58.2 Å². The third-order valence-corrected chi connectivity index (χ3v) is 10.4. The molecule has 0 fully saturated rings. The molecule has 1 aromatic rings. The van der Waals surface area contributed by atoms with E-state index in [4.69, 9.17) is 0 Å². The molecule has 18 heavy (non-hydrogen) atoms. The van der Waals surface area contributed by atoms with Crippen molar-refractivity contribution in [2.75, 3.05) is 0 Å². The number of carbonyl (C=O) groups excluding carboxylic acids is 1. The third-order valence-electron chi connectivity index (χ3n) is 4.86. The molecule has 0 N–H and O–H groups in total. The Morgan fingerprint density at radius 2 is 1.78 bits per heavy atom. The van der Waals surface area contributed by atoms with Crippen LogP contribution in [0.5, 0.6) is 0 Å². The van der Waals surface area contributed by atoms with Gasteiger partial charge in [0.25, 0.3) is 0 Å². The maximum Gasteiger partial charge on any atom is 0.163 e. The summed E-state index contributed by atoms with van der Waals surface area (Å²) in [4.78, 5) is 12.0. The van der Waals surface area contributed by atoms with Gasteiger partial charge in [-0.05, 0) is 23.4 Å². The quantitative estimate of drug-likeness (QED) is 0.699. The van der Waals surface area contributed by atoms with E-state index in [1.165, 1.54) is 10.8 Å². The predicted octanol–water partition coefficient (Wildman–Crippen LogP) is 3.92. The first kappa shape index (κ1) is 13.5. The van der Waals surface area contributed by atoms with E-state index < -0.39 is 8.07 Å². The minimum absolute atomic E-state index is 0.318. The second-order valence-electron chi connectivity index (χ2n) is 7.02. The van der Waals surface area contributed by atoms with Gasteiger partial charge in [-0.25, -0.2) is 0 Å². The molecule has 0 radical (unpaired) electrons. The van der Waals surface area contributed by atoms with E-state index in [0.717, 1.165) is 24.8 Å². The van der Waals surface area contributed by atoms with Crippen molar-refractivity contribution in [1.82, 2.24) is 0 Å². The molecule has 1 aliphatic rings. The molecule has 0 aromatic heterocycles. The number of hydrogen-bond acceptors (Lipinski definition) is 1. The molecule has 98 valence electrons. The second-order valence-corrected chi connectivity index (χ2v) is 12.4. The number of hydrogen-bond donors (Lipinski definition) is 0. The first-order chi connectivity index (χ1) is 8.23. The average Bonchev–Trinajstić information content (AvgIpc) is 2.27. The first-order valence-corrected chi connectivity index (χ1v) is 9.90. The van der Waals surface area contributed by atoms with E-state index in [9.17, 15) is 4.79 Å². The van der Waals surface area contributed by atoms with Crippen molar-refractivity contribution < 1.29 is 4.79 Å². The number of benzene rings is 1. The van der Waals surface area contributed by atoms with Crippen LogP contribution in [0.4, 0.5) is 0 Å². The number of aryl methyl sites for hydroxylation is 1. The van der Waals surface area contributed by atoms with Gasteiger partial charge >= 0.3 is 0 Å². The summed E-state index contributed by atoms with van der Waals surface area (Å²) in [6, 6.07) is 6.67. The Labute approximate surface area is 112 Å². The van der Waals surface area contributed by atoms with E-state index in [1.54, 1.807) is 0 Å². The molecule has 0 aliphatic heterocycles. The van der Waals surface area contributed by atoms with Gasteiger partial charge in [0.1, 0.15) is 0 Å². The van der Waals surface area contributed by atoms with Crippen LogP contribution in [0.15, 0.2) is 18.2 Å². The van der Waals surface area contributed by atoms with Crippen LogP contribution in [0.3, 0.4) is 0 Å². The summed E-state index contributed by atoms with van der Waals surface area (Å²) in [6.45, 7) is 11.8. The molecule has 0 unspecified atom stereocenters. The van der Waals surface area contributed by atoms with Crippen LogP contribution in [-0.4, -0.2) is 13.9 Å². The van der Waals surface area contributed by atoms with E-state index in [2.05, 4.69) is 52.1 Å². The Bertz CT molecular complexity index is 480. The Morgan fingerprint density at radius 1 is 1.11 bits per heavy atom.